The van der Waals surface area contributed by atoms with Crippen molar-refractivity contribution in [1.29, 1.82) is 0 Å². The van der Waals surface area contributed by atoms with E-state index in [4.69, 9.17) is 0 Å². The van der Waals surface area contributed by atoms with Gasteiger partial charge >= 0.3 is 5.69 Å². The number of para-hydroxylation sites is 2. The van der Waals surface area contributed by atoms with E-state index in [-0.39, 0.29) is 12.3 Å². The number of aryl methyl sites for hydroxylation is 2. The molecule has 4 aromatic rings. The lowest BCUT2D eigenvalue weighted by Gasteiger charge is -2.07. The second-order valence-corrected chi connectivity index (χ2v) is 6.38. The maximum Gasteiger partial charge on any atom is 0.332 e. The number of imidazole rings is 2. The topological polar surface area (TPSA) is 86.5 Å². The molecule has 3 aromatic heterocycles. The Balaban J connectivity index is 2.14. The number of nitrogens with zero attached hydrogens (tertiary/aromatic N) is 5. The summed E-state index contributed by atoms with van der Waals surface area (Å²) < 4.78 is 5.99. The van der Waals surface area contributed by atoms with E-state index in [0.29, 0.717) is 22.6 Å². The van der Waals surface area contributed by atoms with E-state index in [1.165, 1.54) is 9.13 Å². The largest absolute Gasteiger partial charge is 0.506 e. The van der Waals surface area contributed by atoms with Gasteiger partial charge in [0.15, 0.2) is 11.2 Å². The Bertz CT molecular complexity index is 1330. The minimum atomic E-state index is -0.419. The monoisotopic (exact) mass is 365 g/mol. The van der Waals surface area contributed by atoms with Gasteiger partial charge in [0.1, 0.15) is 5.75 Å². The van der Waals surface area contributed by atoms with E-state index in [1.54, 1.807) is 52.6 Å². The fraction of sp³-hybridized carbons (Fsp3) is 0.211. The number of phenolic OH excluding ortho intramolecular Hbond substituents is 1. The van der Waals surface area contributed by atoms with Gasteiger partial charge in [0, 0.05) is 25.5 Å². The highest BCUT2D eigenvalue weighted by atomic mass is 16.3. The third-order valence-corrected chi connectivity index (χ3v) is 4.67. The van der Waals surface area contributed by atoms with E-state index < -0.39 is 11.2 Å². The van der Waals surface area contributed by atoms with Gasteiger partial charge in [-0.05, 0) is 26.0 Å². The summed E-state index contributed by atoms with van der Waals surface area (Å²) in [6, 6.07) is 6.91. The van der Waals surface area contributed by atoms with Crippen molar-refractivity contribution in [1.82, 2.24) is 23.1 Å². The van der Waals surface area contributed by atoms with Crippen molar-refractivity contribution >= 4 is 16.9 Å². The van der Waals surface area contributed by atoms with E-state index >= 15 is 0 Å². The zero-order valence-corrected chi connectivity index (χ0v) is 15.2. The molecule has 0 amide bonds. The first-order chi connectivity index (χ1) is 13.0. The van der Waals surface area contributed by atoms with Crippen molar-refractivity contribution in [3.8, 4) is 11.4 Å². The molecule has 0 aliphatic carbocycles. The third-order valence-electron chi connectivity index (χ3n) is 4.67. The summed E-state index contributed by atoms with van der Waals surface area (Å²) >= 11 is 0. The van der Waals surface area contributed by atoms with Gasteiger partial charge in [0.05, 0.1) is 5.69 Å². The molecule has 0 radical (unpaired) electrons. The number of hydrogen-bond donors (Lipinski definition) is 1. The maximum absolute atomic E-state index is 13.0. The number of aromatic nitrogens is 5. The third kappa shape index (κ3) is 2.33. The quantitative estimate of drug-likeness (QED) is 0.560. The minimum Gasteiger partial charge on any atom is -0.506 e. The Morgan fingerprint density at radius 1 is 1.22 bits per heavy atom. The maximum atomic E-state index is 13.0. The number of benzene rings is 1. The first kappa shape index (κ1) is 16.9. The summed E-state index contributed by atoms with van der Waals surface area (Å²) in [5.74, 6) is 0.560. The Labute approximate surface area is 153 Å². The highest BCUT2D eigenvalue weighted by Crippen LogP contribution is 2.26. The number of fused-ring (bicyclic) bond motifs is 3. The molecular weight excluding hydrogens is 346 g/mol. The zero-order chi connectivity index (χ0) is 19.3. The normalized spacial score (nSPS) is 12.0. The second kappa shape index (κ2) is 6.01. The average Bonchev–Trinajstić information content (AvgIpc) is 3.15. The van der Waals surface area contributed by atoms with Crippen molar-refractivity contribution in [2.45, 2.75) is 20.4 Å². The first-order valence-electron chi connectivity index (χ1n) is 8.55. The molecule has 0 aliphatic rings. The van der Waals surface area contributed by atoms with Gasteiger partial charge in [-0.3, -0.25) is 22.9 Å². The first-order valence-corrected chi connectivity index (χ1v) is 8.55. The number of aromatic hydroxyl groups is 1. The lowest BCUT2D eigenvalue weighted by Crippen LogP contribution is -2.39. The van der Waals surface area contributed by atoms with Crippen molar-refractivity contribution in [3.05, 3.63) is 69.1 Å². The van der Waals surface area contributed by atoms with Crippen molar-refractivity contribution < 1.29 is 5.11 Å². The standard InChI is InChI=1S/C19H19N5O3/c1-4-5-10-22-17(26)15-16(21(3)19(22)27)20-18-23(15)11-12(2)24(18)13-8-6-7-9-14(13)25/h4-9,11,25H,10H2,1-3H3. The number of rotatable bonds is 3. The minimum absolute atomic E-state index is 0.102. The summed E-state index contributed by atoms with van der Waals surface area (Å²) in [6.07, 6.45) is 5.33. The molecule has 0 saturated carbocycles. The van der Waals surface area contributed by atoms with Crippen LogP contribution < -0.4 is 11.2 Å². The molecule has 0 saturated heterocycles. The molecule has 0 fully saturated rings. The predicted octanol–water partition coefficient (Wildman–Crippen LogP) is 1.73. The van der Waals surface area contributed by atoms with E-state index in [1.807, 2.05) is 19.9 Å². The molecular formula is C19H19N5O3. The Kier molecular flexibility index (Phi) is 3.76. The number of allylic oxidation sites excluding steroid dienone is 2. The molecule has 0 unspecified atom stereocenters. The average molecular weight is 365 g/mol. The smallest absolute Gasteiger partial charge is 0.332 e. The fourth-order valence-corrected chi connectivity index (χ4v) is 3.33. The van der Waals surface area contributed by atoms with Gasteiger partial charge in [-0.2, -0.15) is 4.98 Å². The van der Waals surface area contributed by atoms with Crippen LogP contribution in [0.1, 0.15) is 12.6 Å². The van der Waals surface area contributed by atoms with Crippen LogP contribution in [0, 0.1) is 6.92 Å². The van der Waals surface area contributed by atoms with Crippen LogP contribution in [0.4, 0.5) is 0 Å². The van der Waals surface area contributed by atoms with Crippen LogP contribution in [-0.4, -0.2) is 28.2 Å². The highest BCUT2D eigenvalue weighted by Gasteiger charge is 2.21. The highest BCUT2D eigenvalue weighted by molar-refractivity contribution is 5.76. The summed E-state index contributed by atoms with van der Waals surface area (Å²) in [7, 11) is 1.60. The summed E-state index contributed by atoms with van der Waals surface area (Å²) in [5.41, 5.74) is 1.17. The molecule has 0 spiro atoms. The van der Waals surface area contributed by atoms with Crippen LogP contribution in [0.2, 0.25) is 0 Å². The van der Waals surface area contributed by atoms with Gasteiger partial charge in [-0.25, -0.2) is 4.79 Å². The van der Waals surface area contributed by atoms with Gasteiger partial charge < -0.3 is 5.11 Å². The van der Waals surface area contributed by atoms with Gasteiger partial charge in [0.2, 0.25) is 5.78 Å². The van der Waals surface area contributed by atoms with Gasteiger partial charge in [-0.1, -0.05) is 24.3 Å². The summed E-state index contributed by atoms with van der Waals surface area (Å²) in [6.45, 7) is 3.90. The molecule has 138 valence electrons. The molecule has 8 heteroatoms. The fourth-order valence-electron chi connectivity index (χ4n) is 3.33. The van der Waals surface area contributed by atoms with Gasteiger partial charge in [0.25, 0.3) is 5.56 Å². The number of hydrogen-bond acceptors (Lipinski definition) is 4. The van der Waals surface area contributed by atoms with Crippen molar-refractivity contribution in [2.24, 2.45) is 7.05 Å². The van der Waals surface area contributed by atoms with E-state index in [0.717, 1.165) is 5.69 Å². The van der Waals surface area contributed by atoms with E-state index in [2.05, 4.69) is 4.98 Å². The molecule has 27 heavy (non-hydrogen) atoms. The van der Waals surface area contributed by atoms with Crippen LogP contribution in [0.3, 0.4) is 0 Å². The Morgan fingerprint density at radius 2 is 1.96 bits per heavy atom. The van der Waals surface area contributed by atoms with Crippen molar-refractivity contribution in [3.63, 3.8) is 0 Å². The number of phenols is 1. The molecule has 0 aliphatic heterocycles. The van der Waals surface area contributed by atoms with Crippen LogP contribution in [0.15, 0.2) is 52.2 Å². The van der Waals surface area contributed by atoms with Crippen LogP contribution in [-0.2, 0) is 13.6 Å². The molecule has 8 nitrogen and oxygen atoms in total. The predicted molar refractivity (Wildman–Crippen MR) is 103 cm³/mol. The molecule has 0 bridgehead atoms. The molecule has 1 N–H and O–H groups in total. The Morgan fingerprint density at radius 3 is 2.67 bits per heavy atom. The summed E-state index contributed by atoms with van der Waals surface area (Å²) in [4.78, 5) is 30.1. The lowest BCUT2D eigenvalue weighted by molar-refractivity contribution is 0.472. The van der Waals surface area contributed by atoms with Crippen molar-refractivity contribution in [2.75, 3.05) is 0 Å². The molecule has 4 rings (SSSR count). The summed E-state index contributed by atoms with van der Waals surface area (Å²) in [5, 5.41) is 10.2. The molecule has 1 aromatic carbocycles. The Hall–Kier alpha value is -3.55. The SMILES string of the molecule is CC=CCn1c(=O)c2c(nc3n(-c4ccccc4O)c(C)cn23)n(C)c1=O. The van der Waals surface area contributed by atoms with Crippen LogP contribution in [0.25, 0.3) is 22.6 Å². The van der Waals surface area contributed by atoms with Crippen LogP contribution >= 0.6 is 0 Å². The van der Waals surface area contributed by atoms with Gasteiger partial charge in [-0.15, -0.1) is 0 Å². The van der Waals surface area contributed by atoms with Crippen LogP contribution in [0.5, 0.6) is 5.75 Å². The van der Waals surface area contributed by atoms with E-state index in [9.17, 15) is 14.7 Å². The molecule has 0 atom stereocenters. The lowest BCUT2D eigenvalue weighted by atomic mass is 10.3. The molecule has 3 heterocycles. The second-order valence-electron chi connectivity index (χ2n) is 6.38. The zero-order valence-electron chi connectivity index (χ0n) is 15.2.